The van der Waals surface area contributed by atoms with E-state index in [-0.39, 0.29) is 16.5 Å². The van der Waals surface area contributed by atoms with Crippen molar-refractivity contribution in [3.63, 3.8) is 0 Å². The van der Waals surface area contributed by atoms with E-state index in [1.165, 1.54) is 6.07 Å². The lowest BCUT2D eigenvalue weighted by molar-refractivity contribution is 0.102. The van der Waals surface area contributed by atoms with Gasteiger partial charge in [0, 0.05) is 35.2 Å². The van der Waals surface area contributed by atoms with Crippen LogP contribution in [0, 0.1) is 0 Å². The van der Waals surface area contributed by atoms with E-state index in [0.717, 1.165) is 24.1 Å². The molecule has 1 amide bonds. The molecule has 0 spiro atoms. The van der Waals surface area contributed by atoms with Gasteiger partial charge in [0.1, 0.15) is 0 Å². The molecule has 33 heavy (non-hydrogen) atoms. The quantitative estimate of drug-likeness (QED) is 0.568. The summed E-state index contributed by atoms with van der Waals surface area (Å²) < 4.78 is 39.7. The zero-order chi connectivity index (χ0) is 22.8. The van der Waals surface area contributed by atoms with Crippen LogP contribution in [-0.4, -0.2) is 38.4 Å². The highest BCUT2D eigenvalue weighted by Crippen LogP contribution is 2.38. The lowest BCUT2D eigenvalue weighted by atomic mass is 10.2. The Balaban J connectivity index is 1.36. The predicted molar refractivity (Wildman–Crippen MR) is 127 cm³/mol. The first-order chi connectivity index (χ1) is 16.0. The van der Waals surface area contributed by atoms with Crippen LogP contribution >= 0.6 is 11.3 Å². The molecule has 9 heteroatoms. The number of ether oxygens (including phenoxy) is 2. The third-order valence-corrected chi connectivity index (χ3v) is 8.66. The van der Waals surface area contributed by atoms with Gasteiger partial charge in [-0.1, -0.05) is 12.1 Å². The number of benzene rings is 2. The van der Waals surface area contributed by atoms with Gasteiger partial charge in [-0.15, -0.1) is 11.3 Å². The van der Waals surface area contributed by atoms with Crippen LogP contribution in [-0.2, 0) is 10.0 Å². The number of anilines is 1. The fourth-order valence-electron chi connectivity index (χ4n) is 4.17. The minimum absolute atomic E-state index is 0.122. The number of nitrogens with zero attached hydrogens (tertiary/aromatic N) is 1. The van der Waals surface area contributed by atoms with Crippen molar-refractivity contribution in [1.29, 1.82) is 0 Å². The fourth-order valence-corrected chi connectivity index (χ4v) is 6.83. The normalized spacial score (nSPS) is 18.6. The van der Waals surface area contributed by atoms with Crippen LogP contribution in [0.2, 0.25) is 0 Å². The average molecular weight is 485 g/mol. The van der Waals surface area contributed by atoms with Gasteiger partial charge < -0.3 is 14.8 Å². The predicted octanol–water partition coefficient (Wildman–Crippen LogP) is 4.69. The zero-order valence-corrected chi connectivity index (χ0v) is 19.5. The molecule has 172 valence electrons. The summed E-state index contributed by atoms with van der Waals surface area (Å²) in [6, 6.07) is 15.2. The van der Waals surface area contributed by atoms with Gasteiger partial charge in [-0.25, -0.2) is 8.42 Å². The van der Waals surface area contributed by atoms with Crippen LogP contribution < -0.4 is 14.8 Å². The second-order valence-electron chi connectivity index (χ2n) is 7.98. The maximum Gasteiger partial charge on any atom is 0.255 e. The highest BCUT2D eigenvalue weighted by Gasteiger charge is 2.36. The Morgan fingerprint density at radius 1 is 1.00 bits per heavy atom. The maximum atomic E-state index is 13.4. The lowest BCUT2D eigenvalue weighted by Gasteiger charge is -2.23. The summed E-state index contributed by atoms with van der Waals surface area (Å²) in [5.41, 5.74) is 0.824. The van der Waals surface area contributed by atoms with Gasteiger partial charge in [-0.2, -0.15) is 4.31 Å². The minimum atomic E-state index is -3.74. The van der Waals surface area contributed by atoms with Crippen molar-refractivity contribution in [2.45, 2.75) is 30.2 Å². The third-order valence-electron chi connectivity index (χ3n) is 5.78. The number of rotatable bonds is 5. The van der Waals surface area contributed by atoms with Crippen molar-refractivity contribution >= 4 is 33.0 Å². The molecule has 1 atom stereocenters. The van der Waals surface area contributed by atoms with Crippen molar-refractivity contribution < 1.29 is 22.7 Å². The topological polar surface area (TPSA) is 84.9 Å². The van der Waals surface area contributed by atoms with Gasteiger partial charge in [-0.05, 0) is 54.6 Å². The molecule has 2 aliphatic heterocycles. The Hall–Kier alpha value is -2.88. The van der Waals surface area contributed by atoms with Gasteiger partial charge in [-0.3, -0.25) is 4.79 Å². The number of hydrogen-bond donors (Lipinski definition) is 1. The van der Waals surface area contributed by atoms with Crippen molar-refractivity contribution in [3.05, 3.63) is 70.4 Å². The molecule has 5 rings (SSSR count). The van der Waals surface area contributed by atoms with E-state index in [1.807, 2.05) is 17.5 Å². The summed E-state index contributed by atoms with van der Waals surface area (Å²) in [5.74, 6) is 0.831. The standard InChI is InChI=1S/C24H24N2O5S2/c27-24(25-18-9-10-21-22(16-18)31-13-4-12-30-21)17-5-1-6-19(15-17)33(28,29)26-11-2-7-20(26)23-8-3-14-32-23/h1,3,5-6,8-10,14-16,20H,2,4,7,11-13H2,(H,25,27). The largest absolute Gasteiger partial charge is 0.490 e. The Morgan fingerprint density at radius 3 is 2.67 bits per heavy atom. The maximum absolute atomic E-state index is 13.4. The molecule has 0 bridgehead atoms. The molecule has 3 heterocycles. The highest BCUT2D eigenvalue weighted by atomic mass is 32.2. The number of amides is 1. The first kappa shape index (κ1) is 21.9. The molecule has 0 aliphatic carbocycles. The Kier molecular flexibility index (Phi) is 6.09. The second-order valence-corrected chi connectivity index (χ2v) is 10.9. The number of carbonyl (C=O) groups is 1. The smallest absolute Gasteiger partial charge is 0.255 e. The minimum Gasteiger partial charge on any atom is -0.490 e. The van der Waals surface area contributed by atoms with E-state index in [1.54, 1.807) is 52.0 Å². The van der Waals surface area contributed by atoms with E-state index in [4.69, 9.17) is 9.47 Å². The van der Waals surface area contributed by atoms with Crippen LogP contribution in [0.1, 0.15) is 40.5 Å². The molecule has 1 fully saturated rings. The molecule has 1 N–H and O–H groups in total. The average Bonchev–Trinajstić information content (AvgIpc) is 3.48. The Morgan fingerprint density at radius 2 is 1.85 bits per heavy atom. The van der Waals surface area contributed by atoms with Crippen molar-refractivity contribution in [2.75, 3.05) is 25.1 Å². The van der Waals surface area contributed by atoms with Crippen molar-refractivity contribution in [1.82, 2.24) is 4.31 Å². The van der Waals surface area contributed by atoms with Crippen LogP contribution in [0.3, 0.4) is 0 Å². The summed E-state index contributed by atoms with van der Waals surface area (Å²) >= 11 is 1.57. The molecule has 1 aromatic heterocycles. The van der Waals surface area contributed by atoms with Crippen LogP contribution in [0.5, 0.6) is 11.5 Å². The molecule has 0 saturated carbocycles. The molecule has 1 saturated heterocycles. The van der Waals surface area contributed by atoms with Crippen molar-refractivity contribution in [3.8, 4) is 11.5 Å². The van der Waals surface area contributed by atoms with Gasteiger partial charge in [0.25, 0.3) is 5.91 Å². The second kappa shape index (κ2) is 9.17. The number of fused-ring (bicyclic) bond motifs is 1. The van der Waals surface area contributed by atoms with Crippen LogP contribution in [0.4, 0.5) is 5.69 Å². The zero-order valence-electron chi connectivity index (χ0n) is 17.9. The summed E-state index contributed by atoms with van der Waals surface area (Å²) in [5, 5.41) is 4.79. The van der Waals surface area contributed by atoms with E-state index >= 15 is 0 Å². The monoisotopic (exact) mass is 484 g/mol. The number of thiophene rings is 1. The number of carbonyl (C=O) groups excluding carboxylic acids is 1. The molecule has 3 aromatic rings. The molecule has 2 aromatic carbocycles. The first-order valence-electron chi connectivity index (χ1n) is 10.9. The molecule has 1 unspecified atom stereocenters. The van der Waals surface area contributed by atoms with Gasteiger partial charge >= 0.3 is 0 Å². The van der Waals surface area contributed by atoms with Crippen molar-refractivity contribution in [2.24, 2.45) is 0 Å². The summed E-state index contributed by atoms with van der Waals surface area (Å²) in [4.78, 5) is 14.1. The number of nitrogens with one attached hydrogen (secondary N) is 1. The molecular formula is C24H24N2O5S2. The number of hydrogen-bond acceptors (Lipinski definition) is 6. The third kappa shape index (κ3) is 4.48. The van der Waals surface area contributed by atoms with E-state index < -0.39 is 15.9 Å². The van der Waals surface area contributed by atoms with E-state index in [2.05, 4.69) is 5.32 Å². The molecule has 7 nitrogen and oxygen atoms in total. The molecule has 0 radical (unpaired) electrons. The van der Waals surface area contributed by atoms with Gasteiger partial charge in [0.05, 0.1) is 24.2 Å². The highest BCUT2D eigenvalue weighted by molar-refractivity contribution is 7.89. The molecule has 2 aliphatic rings. The van der Waals surface area contributed by atoms with Crippen LogP contribution in [0.25, 0.3) is 0 Å². The SMILES string of the molecule is O=C(Nc1ccc2c(c1)OCCCO2)c1cccc(S(=O)(=O)N2CCCC2c2cccs2)c1. The lowest BCUT2D eigenvalue weighted by Crippen LogP contribution is -2.30. The van der Waals surface area contributed by atoms with Gasteiger partial charge in [0.2, 0.25) is 10.0 Å². The van der Waals surface area contributed by atoms with E-state index in [0.29, 0.717) is 36.9 Å². The fraction of sp³-hybridized carbons (Fsp3) is 0.292. The van der Waals surface area contributed by atoms with E-state index in [9.17, 15) is 13.2 Å². The summed E-state index contributed by atoms with van der Waals surface area (Å²) in [6.45, 7) is 1.61. The summed E-state index contributed by atoms with van der Waals surface area (Å²) in [6.07, 6.45) is 2.40. The van der Waals surface area contributed by atoms with Crippen LogP contribution in [0.15, 0.2) is 64.9 Å². The van der Waals surface area contributed by atoms with Gasteiger partial charge in [0.15, 0.2) is 11.5 Å². The summed E-state index contributed by atoms with van der Waals surface area (Å²) in [7, 11) is -3.74. The Labute approximate surface area is 197 Å². The number of sulfonamides is 1. The first-order valence-corrected chi connectivity index (χ1v) is 13.2. The Bertz CT molecular complexity index is 1260. The molecular weight excluding hydrogens is 460 g/mol.